The molecule has 1 amide bonds. The molecule has 1 unspecified atom stereocenters. The Morgan fingerprint density at radius 2 is 2.04 bits per heavy atom. The van der Waals surface area contributed by atoms with E-state index in [1.54, 1.807) is 16.8 Å². The van der Waals surface area contributed by atoms with Gasteiger partial charge in [-0.1, -0.05) is 6.07 Å². The molecule has 1 aromatic carbocycles. The van der Waals surface area contributed by atoms with Gasteiger partial charge in [0.1, 0.15) is 5.82 Å². The zero-order chi connectivity index (χ0) is 17.6. The lowest BCUT2D eigenvalue weighted by Gasteiger charge is -2.12. The second-order valence-electron chi connectivity index (χ2n) is 6.69. The molecule has 0 spiro atoms. The third-order valence-electron chi connectivity index (χ3n) is 4.63. The zero-order valence-corrected chi connectivity index (χ0v) is 14.3. The van der Waals surface area contributed by atoms with E-state index in [2.05, 4.69) is 10.4 Å². The molecule has 0 radical (unpaired) electrons. The van der Waals surface area contributed by atoms with E-state index in [0.29, 0.717) is 18.0 Å². The number of rotatable bonds is 4. The molecule has 6 nitrogen and oxygen atoms in total. The Labute approximate surface area is 145 Å². The van der Waals surface area contributed by atoms with Crippen LogP contribution in [-0.2, 0) is 9.84 Å². The first kappa shape index (κ1) is 16.3. The smallest absolute Gasteiger partial charge is 0.276 e. The van der Waals surface area contributed by atoms with Gasteiger partial charge in [0, 0.05) is 17.3 Å². The van der Waals surface area contributed by atoms with E-state index in [4.69, 9.17) is 0 Å². The molecule has 2 aromatic rings. The summed E-state index contributed by atoms with van der Waals surface area (Å²) < 4.78 is 38.5. The second kappa shape index (κ2) is 5.94. The Kier molecular flexibility index (Phi) is 3.87. The Bertz CT molecular complexity index is 934. The molecule has 0 bridgehead atoms. The minimum absolute atomic E-state index is 0.0688. The largest absolute Gasteiger partial charge is 0.320 e. The molecule has 1 aromatic heterocycles. The number of aromatic nitrogens is 2. The molecule has 1 atom stereocenters. The van der Waals surface area contributed by atoms with Gasteiger partial charge >= 0.3 is 0 Å². The fourth-order valence-corrected chi connectivity index (χ4v) is 4.92. The van der Waals surface area contributed by atoms with Crippen LogP contribution in [0, 0.1) is 5.82 Å². The minimum atomic E-state index is -3.03. The number of halogens is 1. The third-order valence-corrected chi connectivity index (χ3v) is 6.38. The van der Waals surface area contributed by atoms with Crippen molar-refractivity contribution in [3.63, 3.8) is 0 Å². The molecule has 2 fully saturated rings. The number of carbonyl (C=O) groups excluding carboxylic acids is 1. The van der Waals surface area contributed by atoms with Crippen LogP contribution < -0.4 is 5.32 Å². The maximum absolute atomic E-state index is 13.3. The summed E-state index contributed by atoms with van der Waals surface area (Å²) in [4.78, 5) is 12.4. The summed E-state index contributed by atoms with van der Waals surface area (Å²) in [6.07, 6.45) is 2.57. The van der Waals surface area contributed by atoms with Gasteiger partial charge in [-0.15, -0.1) is 0 Å². The van der Waals surface area contributed by atoms with Crippen molar-refractivity contribution in [3.05, 3.63) is 47.5 Å². The highest BCUT2D eigenvalue weighted by Gasteiger charge is 2.36. The van der Waals surface area contributed by atoms with Gasteiger partial charge in [-0.3, -0.25) is 9.48 Å². The van der Waals surface area contributed by atoms with Crippen molar-refractivity contribution in [2.24, 2.45) is 0 Å². The van der Waals surface area contributed by atoms with Gasteiger partial charge in [-0.2, -0.15) is 5.10 Å². The maximum Gasteiger partial charge on any atom is 0.276 e. The van der Waals surface area contributed by atoms with Crippen LogP contribution in [-0.4, -0.2) is 35.6 Å². The summed E-state index contributed by atoms with van der Waals surface area (Å²) in [6, 6.07) is 7.18. The lowest BCUT2D eigenvalue weighted by Crippen LogP contribution is -2.17. The highest BCUT2D eigenvalue weighted by Crippen LogP contribution is 2.42. The zero-order valence-electron chi connectivity index (χ0n) is 13.5. The van der Waals surface area contributed by atoms with Crippen LogP contribution in [0.2, 0.25) is 0 Å². The summed E-state index contributed by atoms with van der Waals surface area (Å²) in [6.45, 7) is 0. The van der Waals surface area contributed by atoms with Crippen LogP contribution in [0.25, 0.3) is 0 Å². The predicted octanol–water partition coefficient (Wildman–Crippen LogP) is 2.51. The molecular weight excluding hydrogens is 345 g/mol. The summed E-state index contributed by atoms with van der Waals surface area (Å²) in [5, 5.41) is 7.02. The van der Waals surface area contributed by atoms with Crippen molar-refractivity contribution in [2.45, 2.75) is 31.2 Å². The van der Waals surface area contributed by atoms with Crippen LogP contribution in [0.5, 0.6) is 0 Å². The van der Waals surface area contributed by atoms with E-state index in [-0.39, 0.29) is 23.2 Å². The Morgan fingerprint density at radius 3 is 2.68 bits per heavy atom. The second-order valence-corrected chi connectivity index (χ2v) is 8.92. The molecule has 2 heterocycles. The number of carbonyl (C=O) groups is 1. The Hall–Kier alpha value is -2.22. The van der Waals surface area contributed by atoms with Crippen LogP contribution in [0.15, 0.2) is 30.3 Å². The van der Waals surface area contributed by atoms with Gasteiger partial charge in [-0.05, 0) is 43.5 Å². The first-order valence-electron chi connectivity index (χ1n) is 8.28. The SMILES string of the molecule is O=C(Nc1cccc(F)c1)c1cc(C2CC2)n(C2CCS(=O)(=O)C2)n1. The normalized spacial score (nSPS) is 22.0. The van der Waals surface area contributed by atoms with Crippen molar-refractivity contribution < 1.29 is 17.6 Å². The summed E-state index contributed by atoms with van der Waals surface area (Å²) in [5.74, 6) is -0.289. The van der Waals surface area contributed by atoms with Crippen molar-refractivity contribution in [3.8, 4) is 0 Å². The van der Waals surface area contributed by atoms with Crippen molar-refractivity contribution in [1.82, 2.24) is 9.78 Å². The molecule has 132 valence electrons. The van der Waals surface area contributed by atoms with Crippen LogP contribution in [0.1, 0.15) is 47.4 Å². The number of nitrogens with one attached hydrogen (secondary N) is 1. The van der Waals surface area contributed by atoms with Gasteiger partial charge in [0.05, 0.1) is 17.5 Å². The molecule has 1 N–H and O–H groups in total. The number of anilines is 1. The standard InChI is InChI=1S/C17H18FN3O3S/c18-12-2-1-3-13(8-12)19-17(22)15-9-16(11-4-5-11)21(20-15)14-6-7-25(23,24)10-14/h1-3,8-9,11,14H,4-7,10H2,(H,19,22). The third kappa shape index (κ3) is 3.44. The molecule has 2 aliphatic rings. The number of sulfone groups is 1. The van der Waals surface area contributed by atoms with Gasteiger partial charge in [0.2, 0.25) is 0 Å². The summed E-state index contributed by atoms with van der Waals surface area (Å²) in [7, 11) is -3.03. The number of nitrogens with zero attached hydrogens (tertiary/aromatic N) is 2. The average molecular weight is 363 g/mol. The molecular formula is C17H18FN3O3S. The van der Waals surface area contributed by atoms with E-state index in [0.717, 1.165) is 18.5 Å². The van der Waals surface area contributed by atoms with Crippen LogP contribution in [0.3, 0.4) is 0 Å². The molecule has 1 saturated carbocycles. The molecule has 25 heavy (non-hydrogen) atoms. The van der Waals surface area contributed by atoms with E-state index < -0.39 is 21.6 Å². The monoisotopic (exact) mass is 363 g/mol. The van der Waals surface area contributed by atoms with E-state index in [1.165, 1.54) is 18.2 Å². The molecule has 4 rings (SSSR count). The lowest BCUT2D eigenvalue weighted by molar-refractivity contribution is 0.102. The molecule has 8 heteroatoms. The van der Waals surface area contributed by atoms with Crippen molar-refractivity contribution in [2.75, 3.05) is 16.8 Å². The van der Waals surface area contributed by atoms with Gasteiger partial charge < -0.3 is 5.32 Å². The number of amides is 1. The first-order chi connectivity index (χ1) is 11.9. The highest BCUT2D eigenvalue weighted by atomic mass is 32.2. The van der Waals surface area contributed by atoms with Crippen molar-refractivity contribution in [1.29, 1.82) is 0 Å². The minimum Gasteiger partial charge on any atom is -0.320 e. The molecule has 1 aliphatic carbocycles. The summed E-state index contributed by atoms with van der Waals surface area (Å²) >= 11 is 0. The van der Waals surface area contributed by atoms with Crippen LogP contribution in [0.4, 0.5) is 10.1 Å². The predicted molar refractivity (Wildman–Crippen MR) is 90.9 cm³/mol. The average Bonchev–Trinajstić information content (AvgIpc) is 3.19. The van der Waals surface area contributed by atoms with Gasteiger partial charge in [0.25, 0.3) is 5.91 Å². The maximum atomic E-state index is 13.3. The fourth-order valence-electron chi connectivity index (χ4n) is 3.23. The molecule has 1 aliphatic heterocycles. The highest BCUT2D eigenvalue weighted by molar-refractivity contribution is 7.91. The molecule has 1 saturated heterocycles. The Morgan fingerprint density at radius 1 is 1.24 bits per heavy atom. The van der Waals surface area contributed by atoms with Crippen molar-refractivity contribution >= 4 is 21.4 Å². The summed E-state index contributed by atoms with van der Waals surface area (Å²) in [5.41, 5.74) is 1.51. The lowest BCUT2D eigenvalue weighted by atomic mass is 10.2. The first-order valence-corrected chi connectivity index (χ1v) is 10.1. The Balaban J connectivity index is 1.60. The number of hydrogen-bond acceptors (Lipinski definition) is 4. The van der Waals surface area contributed by atoms with E-state index >= 15 is 0 Å². The topological polar surface area (TPSA) is 81.1 Å². The van der Waals surface area contributed by atoms with E-state index in [1.807, 2.05) is 0 Å². The number of benzene rings is 1. The van der Waals surface area contributed by atoms with Gasteiger partial charge in [-0.25, -0.2) is 12.8 Å². The quantitative estimate of drug-likeness (QED) is 0.905. The van der Waals surface area contributed by atoms with Crippen LogP contribution >= 0.6 is 0 Å². The fraction of sp³-hybridized carbons (Fsp3) is 0.412. The number of hydrogen-bond donors (Lipinski definition) is 1. The van der Waals surface area contributed by atoms with Gasteiger partial charge in [0.15, 0.2) is 15.5 Å². The van der Waals surface area contributed by atoms with E-state index in [9.17, 15) is 17.6 Å².